The summed E-state index contributed by atoms with van der Waals surface area (Å²) in [5.74, 6) is 0.306. The van der Waals surface area contributed by atoms with Crippen LogP contribution < -0.4 is 0 Å². The fourth-order valence-corrected chi connectivity index (χ4v) is 5.52. The van der Waals surface area contributed by atoms with E-state index >= 15 is 0 Å². The lowest BCUT2D eigenvalue weighted by Crippen LogP contribution is -2.55. The molecule has 1 aromatic heterocycles. The Balaban J connectivity index is 1.50. The molecule has 2 unspecified atom stereocenters. The Bertz CT molecular complexity index is 717. The third-order valence-corrected chi connectivity index (χ3v) is 7.28. The Morgan fingerprint density at radius 2 is 2.04 bits per heavy atom. The maximum absolute atomic E-state index is 12.8. The molecule has 144 valence electrons. The van der Waals surface area contributed by atoms with Gasteiger partial charge in [-0.3, -0.25) is 19.6 Å². The number of carbonyl (C=O) groups is 1. The highest BCUT2D eigenvalue weighted by Gasteiger charge is 2.35. The van der Waals surface area contributed by atoms with Gasteiger partial charge in [0.05, 0.1) is 23.2 Å². The summed E-state index contributed by atoms with van der Waals surface area (Å²) in [5, 5.41) is 0. The minimum atomic E-state index is -2.98. The monoisotopic (exact) mass is 380 g/mol. The fourth-order valence-electron chi connectivity index (χ4n) is 3.74. The molecule has 7 nitrogen and oxygen atoms in total. The lowest BCUT2D eigenvalue weighted by Gasteiger charge is -2.39. The predicted octanol–water partition coefficient (Wildman–Crippen LogP) is 0.233. The zero-order valence-corrected chi connectivity index (χ0v) is 16.4. The van der Waals surface area contributed by atoms with Gasteiger partial charge in [-0.25, -0.2) is 8.42 Å². The lowest BCUT2D eigenvalue weighted by molar-refractivity contribution is -0.137. The molecule has 0 bridgehead atoms. The molecular weight excluding hydrogens is 352 g/mol. The number of rotatable bonds is 5. The Labute approximate surface area is 155 Å². The smallest absolute Gasteiger partial charge is 0.239 e. The number of sulfone groups is 1. The summed E-state index contributed by atoms with van der Waals surface area (Å²) in [5.41, 5.74) is 1.06. The van der Waals surface area contributed by atoms with Crippen LogP contribution in [0.5, 0.6) is 0 Å². The number of amides is 1. The molecule has 3 heterocycles. The van der Waals surface area contributed by atoms with Crippen LogP contribution in [0.1, 0.15) is 19.0 Å². The Morgan fingerprint density at radius 1 is 1.31 bits per heavy atom. The highest BCUT2D eigenvalue weighted by Crippen LogP contribution is 2.19. The fraction of sp³-hybridized carbons (Fsp3) is 0.667. The van der Waals surface area contributed by atoms with Crippen molar-refractivity contribution in [2.45, 2.75) is 32.0 Å². The first-order chi connectivity index (χ1) is 12.4. The van der Waals surface area contributed by atoms with Crippen molar-refractivity contribution in [3.8, 4) is 0 Å². The van der Waals surface area contributed by atoms with E-state index in [0.29, 0.717) is 6.42 Å². The SMILES string of the molecule is CC(C(=O)N(C)C1CCS(=O)(=O)C1)N1CCN(Cc2ccccn2)CC1. The molecule has 2 fully saturated rings. The first-order valence-corrected chi connectivity index (χ1v) is 11.0. The van der Waals surface area contributed by atoms with Crippen molar-refractivity contribution in [1.29, 1.82) is 0 Å². The summed E-state index contributed by atoms with van der Waals surface area (Å²) in [6, 6.07) is 5.54. The maximum atomic E-state index is 12.8. The highest BCUT2D eigenvalue weighted by molar-refractivity contribution is 7.91. The predicted molar refractivity (Wildman–Crippen MR) is 100 cm³/mol. The maximum Gasteiger partial charge on any atom is 0.239 e. The molecule has 26 heavy (non-hydrogen) atoms. The molecule has 2 aliphatic heterocycles. The van der Waals surface area contributed by atoms with Crippen LogP contribution in [0, 0.1) is 0 Å². The molecule has 0 radical (unpaired) electrons. The van der Waals surface area contributed by atoms with Gasteiger partial charge in [0.25, 0.3) is 0 Å². The third kappa shape index (κ3) is 4.61. The number of nitrogens with zero attached hydrogens (tertiary/aromatic N) is 4. The van der Waals surface area contributed by atoms with Gasteiger partial charge in [0, 0.05) is 52.0 Å². The largest absolute Gasteiger partial charge is 0.340 e. The van der Waals surface area contributed by atoms with Crippen LogP contribution in [0.3, 0.4) is 0 Å². The minimum absolute atomic E-state index is 0.0188. The molecule has 0 aromatic carbocycles. The molecule has 0 N–H and O–H groups in total. The third-order valence-electron chi connectivity index (χ3n) is 5.53. The van der Waals surface area contributed by atoms with E-state index in [2.05, 4.69) is 14.8 Å². The molecule has 2 atom stereocenters. The van der Waals surface area contributed by atoms with Gasteiger partial charge in [0.2, 0.25) is 5.91 Å². The zero-order valence-electron chi connectivity index (χ0n) is 15.5. The van der Waals surface area contributed by atoms with E-state index in [4.69, 9.17) is 0 Å². The van der Waals surface area contributed by atoms with E-state index in [-0.39, 0.29) is 29.5 Å². The van der Waals surface area contributed by atoms with Gasteiger partial charge in [0.15, 0.2) is 9.84 Å². The van der Waals surface area contributed by atoms with E-state index in [0.717, 1.165) is 38.4 Å². The first kappa shape index (κ1) is 19.3. The number of likely N-dealkylation sites (N-methyl/N-ethyl adjacent to an activating group) is 1. The van der Waals surface area contributed by atoms with Crippen molar-refractivity contribution in [3.63, 3.8) is 0 Å². The molecule has 1 aromatic rings. The van der Waals surface area contributed by atoms with Crippen LogP contribution in [0.25, 0.3) is 0 Å². The number of aromatic nitrogens is 1. The summed E-state index contributed by atoms with van der Waals surface area (Å²) in [6.07, 6.45) is 2.36. The average Bonchev–Trinajstić information content (AvgIpc) is 3.01. The van der Waals surface area contributed by atoms with Crippen molar-refractivity contribution in [2.75, 3.05) is 44.7 Å². The van der Waals surface area contributed by atoms with Gasteiger partial charge in [-0.05, 0) is 25.5 Å². The molecule has 8 heteroatoms. The number of piperazine rings is 1. The second-order valence-electron chi connectivity index (χ2n) is 7.32. The summed E-state index contributed by atoms with van der Waals surface area (Å²) >= 11 is 0. The standard InChI is InChI=1S/C18H28N4O3S/c1-15(18(23)20(2)17-6-12-26(24,25)14-17)22-10-8-21(9-11-22)13-16-5-3-4-7-19-16/h3-5,7,15,17H,6,8-14H2,1-2H3. The molecule has 1 amide bonds. The van der Waals surface area contributed by atoms with E-state index in [1.165, 1.54) is 0 Å². The van der Waals surface area contributed by atoms with E-state index < -0.39 is 9.84 Å². The Kier molecular flexibility index (Phi) is 5.94. The number of pyridine rings is 1. The van der Waals surface area contributed by atoms with Crippen LogP contribution in [-0.2, 0) is 21.2 Å². The molecule has 0 saturated carbocycles. The molecular formula is C18H28N4O3S. The number of hydrogen-bond acceptors (Lipinski definition) is 6. The van der Waals surface area contributed by atoms with Gasteiger partial charge < -0.3 is 4.90 Å². The van der Waals surface area contributed by atoms with Crippen LogP contribution in [0.2, 0.25) is 0 Å². The second-order valence-corrected chi connectivity index (χ2v) is 9.54. The van der Waals surface area contributed by atoms with Crippen LogP contribution in [0.4, 0.5) is 0 Å². The van der Waals surface area contributed by atoms with Crippen molar-refractivity contribution in [2.24, 2.45) is 0 Å². The normalized spacial score (nSPS) is 25.1. The van der Waals surface area contributed by atoms with Gasteiger partial charge in [-0.2, -0.15) is 0 Å². The molecule has 0 aliphatic carbocycles. The van der Waals surface area contributed by atoms with Gasteiger partial charge in [0.1, 0.15) is 0 Å². The molecule has 2 aliphatic rings. The van der Waals surface area contributed by atoms with Crippen LogP contribution in [-0.4, -0.2) is 90.8 Å². The number of carbonyl (C=O) groups excluding carboxylic acids is 1. The van der Waals surface area contributed by atoms with Crippen molar-refractivity contribution >= 4 is 15.7 Å². The van der Waals surface area contributed by atoms with Gasteiger partial charge >= 0.3 is 0 Å². The molecule has 2 saturated heterocycles. The van der Waals surface area contributed by atoms with E-state index in [9.17, 15) is 13.2 Å². The average molecular weight is 381 g/mol. The second kappa shape index (κ2) is 8.02. The van der Waals surface area contributed by atoms with Gasteiger partial charge in [-0.1, -0.05) is 6.07 Å². The van der Waals surface area contributed by atoms with Crippen LogP contribution >= 0.6 is 0 Å². The quantitative estimate of drug-likeness (QED) is 0.728. The van der Waals surface area contributed by atoms with Crippen molar-refractivity contribution < 1.29 is 13.2 Å². The summed E-state index contributed by atoms with van der Waals surface area (Å²) in [6.45, 7) is 6.21. The van der Waals surface area contributed by atoms with Gasteiger partial charge in [-0.15, -0.1) is 0 Å². The topological polar surface area (TPSA) is 73.8 Å². The minimum Gasteiger partial charge on any atom is -0.340 e. The molecule has 0 spiro atoms. The summed E-state index contributed by atoms with van der Waals surface area (Å²) in [7, 11) is -1.24. The summed E-state index contributed by atoms with van der Waals surface area (Å²) in [4.78, 5) is 23.3. The van der Waals surface area contributed by atoms with E-state index in [1.54, 1.807) is 11.9 Å². The van der Waals surface area contributed by atoms with E-state index in [1.807, 2.05) is 31.3 Å². The Hall–Kier alpha value is -1.51. The van der Waals surface area contributed by atoms with Crippen LogP contribution in [0.15, 0.2) is 24.4 Å². The Morgan fingerprint density at radius 3 is 2.62 bits per heavy atom. The number of hydrogen-bond donors (Lipinski definition) is 0. The summed E-state index contributed by atoms with van der Waals surface area (Å²) < 4.78 is 23.3. The first-order valence-electron chi connectivity index (χ1n) is 9.19. The van der Waals surface area contributed by atoms with Crippen molar-refractivity contribution in [1.82, 2.24) is 19.7 Å². The zero-order chi connectivity index (χ0) is 18.7. The lowest BCUT2D eigenvalue weighted by atomic mass is 10.1. The molecule has 3 rings (SSSR count). The highest BCUT2D eigenvalue weighted by atomic mass is 32.2. The van der Waals surface area contributed by atoms with Crippen molar-refractivity contribution in [3.05, 3.63) is 30.1 Å².